The molecule has 2 aliphatic heterocycles. The average molecular weight is 514 g/mol. The molecule has 0 amide bonds. The Morgan fingerprint density at radius 2 is 2.11 bits per heavy atom. The predicted molar refractivity (Wildman–Crippen MR) is 124 cm³/mol. The monoisotopic (exact) mass is 514 g/mol. The van der Waals surface area contributed by atoms with Gasteiger partial charge >= 0.3 is 0 Å². The Balaban J connectivity index is 0.00000225. The highest BCUT2D eigenvalue weighted by Crippen LogP contribution is 2.32. The summed E-state index contributed by atoms with van der Waals surface area (Å²) < 4.78 is 10.8. The van der Waals surface area contributed by atoms with Crippen LogP contribution < -0.4 is 20.1 Å². The lowest BCUT2D eigenvalue weighted by molar-refractivity contribution is 0.174. The van der Waals surface area contributed by atoms with Gasteiger partial charge in [-0.15, -0.1) is 35.3 Å². The molecule has 1 aromatic carbocycles. The number of halogens is 1. The number of hydrogen-bond acceptors (Lipinski definition) is 5. The number of fused-ring (bicyclic) bond motifs is 2. The largest absolute Gasteiger partial charge is 0.454 e. The zero-order valence-corrected chi connectivity index (χ0v) is 19.4. The molecule has 0 saturated heterocycles. The highest BCUT2D eigenvalue weighted by molar-refractivity contribution is 14.0. The lowest BCUT2D eigenvalue weighted by Gasteiger charge is -2.32. The van der Waals surface area contributed by atoms with Crippen molar-refractivity contribution >= 4 is 41.3 Å². The first-order valence-electron chi connectivity index (χ1n) is 9.35. The van der Waals surface area contributed by atoms with Gasteiger partial charge in [-0.3, -0.25) is 9.89 Å². The third-order valence-corrected chi connectivity index (χ3v) is 6.17. The van der Waals surface area contributed by atoms with E-state index in [-0.39, 0.29) is 24.0 Å². The number of thiophene rings is 1. The molecule has 4 rings (SSSR count). The number of benzene rings is 1. The quantitative estimate of drug-likeness (QED) is 0.365. The fraction of sp³-hybridized carbons (Fsp3) is 0.450. The number of hydrogen-bond donors (Lipinski definition) is 2. The second-order valence-electron chi connectivity index (χ2n) is 6.93. The highest BCUT2D eigenvalue weighted by Gasteiger charge is 2.21. The van der Waals surface area contributed by atoms with Crippen molar-refractivity contribution in [2.75, 3.05) is 26.9 Å². The summed E-state index contributed by atoms with van der Waals surface area (Å²) in [7, 11) is 1.80. The number of guanidine groups is 1. The van der Waals surface area contributed by atoms with Crippen LogP contribution in [0.5, 0.6) is 11.5 Å². The summed E-state index contributed by atoms with van der Waals surface area (Å²) in [6.07, 6.45) is 1.16. The molecule has 3 heterocycles. The van der Waals surface area contributed by atoms with Gasteiger partial charge in [0.05, 0.1) is 0 Å². The molecule has 1 atom stereocenters. The van der Waals surface area contributed by atoms with Gasteiger partial charge in [-0.05, 0) is 48.1 Å². The lowest BCUT2D eigenvalue weighted by Crippen LogP contribution is -2.47. The SMILES string of the molecule is CN=C(NCc1ccc2c(c1)OCO2)NCC(C)N1CCc2sccc2C1.I. The van der Waals surface area contributed by atoms with Gasteiger partial charge in [0.1, 0.15) is 0 Å². The fourth-order valence-corrected chi connectivity index (χ4v) is 4.37. The first kappa shape index (κ1) is 21.2. The molecule has 2 aromatic rings. The number of ether oxygens (including phenoxy) is 2. The molecule has 8 heteroatoms. The maximum atomic E-state index is 5.44. The molecule has 0 spiro atoms. The van der Waals surface area contributed by atoms with Crippen LogP contribution in [0.15, 0.2) is 34.6 Å². The van der Waals surface area contributed by atoms with Crippen molar-refractivity contribution in [1.82, 2.24) is 15.5 Å². The van der Waals surface area contributed by atoms with Gasteiger partial charge in [0, 0.05) is 44.1 Å². The molecule has 6 nitrogen and oxygen atoms in total. The van der Waals surface area contributed by atoms with Crippen molar-refractivity contribution in [3.63, 3.8) is 0 Å². The van der Waals surface area contributed by atoms with E-state index >= 15 is 0 Å². The number of aliphatic imine (C=N–C) groups is 1. The van der Waals surface area contributed by atoms with Crippen molar-refractivity contribution in [3.8, 4) is 11.5 Å². The zero-order chi connectivity index (χ0) is 18.6. The van der Waals surface area contributed by atoms with Gasteiger partial charge in [0.15, 0.2) is 17.5 Å². The minimum Gasteiger partial charge on any atom is -0.454 e. The summed E-state index contributed by atoms with van der Waals surface area (Å²) in [5.74, 6) is 2.43. The molecule has 1 aromatic heterocycles. The van der Waals surface area contributed by atoms with E-state index in [9.17, 15) is 0 Å². The van der Waals surface area contributed by atoms with Crippen LogP contribution in [0, 0.1) is 0 Å². The first-order chi connectivity index (χ1) is 13.2. The molecule has 0 radical (unpaired) electrons. The Morgan fingerprint density at radius 3 is 2.96 bits per heavy atom. The van der Waals surface area contributed by atoms with Gasteiger partial charge in [0.2, 0.25) is 6.79 Å². The number of rotatable bonds is 5. The summed E-state index contributed by atoms with van der Waals surface area (Å²) in [5.41, 5.74) is 2.62. The van der Waals surface area contributed by atoms with Crippen molar-refractivity contribution in [2.45, 2.75) is 32.5 Å². The van der Waals surface area contributed by atoms with Crippen LogP contribution in [-0.2, 0) is 19.5 Å². The van der Waals surface area contributed by atoms with Crippen LogP contribution >= 0.6 is 35.3 Å². The third-order valence-electron chi connectivity index (χ3n) is 5.15. The zero-order valence-electron chi connectivity index (χ0n) is 16.2. The van der Waals surface area contributed by atoms with Gasteiger partial charge < -0.3 is 20.1 Å². The van der Waals surface area contributed by atoms with Gasteiger partial charge in [-0.2, -0.15) is 0 Å². The van der Waals surface area contributed by atoms with Crippen molar-refractivity contribution in [3.05, 3.63) is 45.6 Å². The average Bonchev–Trinajstić information content (AvgIpc) is 3.35. The van der Waals surface area contributed by atoms with Crippen molar-refractivity contribution in [1.29, 1.82) is 0 Å². The van der Waals surface area contributed by atoms with E-state index in [1.165, 1.54) is 5.56 Å². The van der Waals surface area contributed by atoms with E-state index in [4.69, 9.17) is 9.47 Å². The molecule has 2 aliphatic rings. The standard InChI is InChI=1S/C20H26N4O2S.HI/c1-14(24-7-5-19-16(12-24)6-8-27-19)10-22-20(21-2)23-11-15-3-4-17-18(9-15)26-13-25-17;/h3-4,6,8-9,14H,5,7,10-13H2,1-2H3,(H2,21,22,23);1H. The Labute approximate surface area is 187 Å². The summed E-state index contributed by atoms with van der Waals surface area (Å²) in [6.45, 7) is 6.30. The molecule has 0 bridgehead atoms. The summed E-state index contributed by atoms with van der Waals surface area (Å²) in [4.78, 5) is 8.43. The molecule has 0 saturated carbocycles. The summed E-state index contributed by atoms with van der Waals surface area (Å²) in [5, 5.41) is 9.03. The number of nitrogens with zero attached hydrogens (tertiary/aromatic N) is 2. The molecule has 0 aliphatic carbocycles. The molecule has 28 heavy (non-hydrogen) atoms. The summed E-state index contributed by atoms with van der Waals surface area (Å²) >= 11 is 1.88. The van der Waals surface area contributed by atoms with Crippen LogP contribution in [0.4, 0.5) is 0 Å². The van der Waals surface area contributed by atoms with E-state index in [2.05, 4.69) is 38.9 Å². The Morgan fingerprint density at radius 1 is 1.25 bits per heavy atom. The van der Waals surface area contributed by atoms with Crippen LogP contribution in [-0.4, -0.2) is 43.8 Å². The topological polar surface area (TPSA) is 58.1 Å². The van der Waals surface area contributed by atoms with E-state index < -0.39 is 0 Å². The first-order valence-corrected chi connectivity index (χ1v) is 10.2. The third kappa shape index (κ3) is 4.90. The maximum Gasteiger partial charge on any atom is 0.231 e. The molecule has 1 unspecified atom stereocenters. The summed E-state index contributed by atoms with van der Waals surface area (Å²) in [6, 6.07) is 8.72. The molecular formula is C20H27IN4O2S. The van der Waals surface area contributed by atoms with E-state index in [1.54, 1.807) is 11.9 Å². The van der Waals surface area contributed by atoms with Gasteiger partial charge in [-0.1, -0.05) is 6.07 Å². The van der Waals surface area contributed by atoms with Crippen molar-refractivity contribution in [2.24, 2.45) is 4.99 Å². The van der Waals surface area contributed by atoms with Crippen molar-refractivity contribution < 1.29 is 9.47 Å². The van der Waals surface area contributed by atoms with Crippen LogP contribution in [0.3, 0.4) is 0 Å². The van der Waals surface area contributed by atoms with Gasteiger partial charge in [-0.25, -0.2) is 0 Å². The van der Waals surface area contributed by atoms with Gasteiger partial charge in [0.25, 0.3) is 0 Å². The minimum atomic E-state index is 0. The second kappa shape index (κ2) is 9.80. The Hall–Kier alpha value is -1.52. The second-order valence-corrected chi connectivity index (χ2v) is 7.93. The predicted octanol–water partition coefficient (Wildman–Crippen LogP) is 3.21. The molecule has 0 fully saturated rings. The van der Waals surface area contributed by atoms with Crippen LogP contribution in [0.1, 0.15) is 22.9 Å². The molecule has 152 valence electrons. The van der Waals surface area contributed by atoms with E-state index in [1.807, 2.05) is 29.5 Å². The molecular weight excluding hydrogens is 487 g/mol. The van der Waals surface area contributed by atoms with E-state index in [0.717, 1.165) is 49.1 Å². The smallest absolute Gasteiger partial charge is 0.231 e. The minimum absolute atomic E-state index is 0. The normalized spacial score (nSPS) is 16.9. The highest BCUT2D eigenvalue weighted by atomic mass is 127. The van der Waals surface area contributed by atoms with Crippen LogP contribution in [0.25, 0.3) is 0 Å². The Bertz CT molecular complexity index is 826. The molecule has 2 N–H and O–H groups in total. The lowest BCUT2D eigenvalue weighted by atomic mass is 10.1. The fourth-order valence-electron chi connectivity index (χ4n) is 3.48. The Kier molecular flexibility index (Phi) is 7.42. The maximum absolute atomic E-state index is 5.44. The van der Waals surface area contributed by atoms with E-state index in [0.29, 0.717) is 19.4 Å². The van der Waals surface area contributed by atoms with Crippen LogP contribution in [0.2, 0.25) is 0 Å². The number of nitrogens with one attached hydrogen (secondary N) is 2.